The zero-order valence-corrected chi connectivity index (χ0v) is 16.1. The van der Waals surface area contributed by atoms with E-state index in [1.807, 2.05) is 30.6 Å². The number of aromatic nitrogens is 2. The molecule has 0 unspecified atom stereocenters. The third kappa shape index (κ3) is 3.11. The van der Waals surface area contributed by atoms with Crippen molar-refractivity contribution in [3.63, 3.8) is 0 Å². The fraction of sp³-hybridized carbons (Fsp3) is 0.227. The van der Waals surface area contributed by atoms with Crippen LogP contribution in [0.1, 0.15) is 5.56 Å². The molecule has 0 aliphatic carbocycles. The van der Waals surface area contributed by atoms with Gasteiger partial charge in [-0.15, -0.1) is 0 Å². The average Bonchev–Trinajstić information content (AvgIpc) is 3.11. The molecule has 1 saturated heterocycles. The molecule has 0 bridgehead atoms. The monoisotopic (exact) mass is 394 g/mol. The fourth-order valence-electron chi connectivity index (χ4n) is 3.98. The van der Waals surface area contributed by atoms with Crippen LogP contribution in [0.15, 0.2) is 60.9 Å². The third-order valence-electron chi connectivity index (χ3n) is 5.48. The molecule has 0 atom stereocenters. The molecule has 1 aliphatic heterocycles. The summed E-state index contributed by atoms with van der Waals surface area (Å²) in [5.74, 6) is -0.185. The number of benzene rings is 2. The first kappa shape index (κ1) is 17.5. The van der Waals surface area contributed by atoms with E-state index in [9.17, 15) is 4.39 Å². The maximum atomic E-state index is 13.1. The second kappa shape index (κ2) is 7.08. The number of hydrogen-bond acceptors (Lipinski definition) is 3. The molecular weight excluding hydrogens is 375 g/mol. The summed E-state index contributed by atoms with van der Waals surface area (Å²) in [6.07, 6.45) is 3.84. The quantitative estimate of drug-likeness (QED) is 0.507. The van der Waals surface area contributed by atoms with Crippen molar-refractivity contribution in [2.75, 3.05) is 31.1 Å². The summed E-state index contributed by atoms with van der Waals surface area (Å²) in [7, 11) is 0. The minimum atomic E-state index is -0.185. The topological polar surface area (TPSA) is 23.8 Å². The number of hydrogen-bond donors (Lipinski definition) is 0. The van der Waals surface area contributed by atoms with Crippen LogP contribution >= 0.6 is 11.6 Å². The van der Waals surface area contributed by atoms with Crippen LogP contribution in [-0.4, -0.2) is 40.5 Å². The largest absolute Gasteiger partial charge is 0.367 e. The van der Waals surface area contributed by atoms with Gasteiger partial charge in [0, 0.05) is 38.9 Å². The number of para-hydroxylation sites is 1. The van der Waals surface area contributed by atoms with Gasteiger partial charge in [0.25, 0.3) is 0 Å². The van der Waals surface area contributed by atoms with Crippen LogP contribution in [-0.2, 0) is 6.54 Å². The molecule has 4 nitrogen and oxygen atoms in total. The number of nitrogens with zero attached hydrogens (tertiary/aromatic N) is 4. The van der Waals surface area contributed by atoms with E-state index < -0.39 is 0 Å². The summed E-state index contributed by atoms with van der Waals surface area (Å²) < 4.78 is 15.2. The van der Waals surface area contributed by atoms with Crippen molar-refractivity contribution in [2.24, 2.45) is 0 Å². The molecule has 0 spiro atoms. The minimum absolute atomic E-state index is 0.185. The summed E-state index contributed by atoms with van der Waals surface area (Å²) in [4.78, 5) is 9.52. The predicted octanol–water partition coefficient (Wildman–Crippen LogP) is 4.60. The van der Waals surface area contributed by atoms with Gasteiger partial charge in [0.15, 0.2) is 0 Å². The van der Waals surface area contributed by atoms with E-state index in [2.05, 4.69) is 32.4 Å². The zero-order chi connectivity index (χ0) is 19.1. The molecule has 28 heavy (non-hydrogen) atoms. The number of rotatable bonds is 3. The van der Waals surface area contributed by atoms with Crippen LogP contribution in [0.25, 0.3) is 16.6 Å². The Labute approximate surface area is 167 Å². The van der Waals surface area contributed by atoms with Crippen molar-refractivity contribution in [3.8, 4) is 0 Å². The molecule has 0 N–H and O–H groups in total. The average molecular weight is 395 g/mol. The molecule has 5 rings (SSSR count). The highest BCUT2D eigenvalue weighted by atomic mass is 35.5. The first-order valence-electron chi connectivity index (χ1n) is 9.45. The van der Waals surface area contributed by atoms with Gasteiger partial charge in [0.2, 0.25) is 0 Å². The van der Waals surface area contributed by atoms with Gasteiger partial charge in [0.1, 0.15) is 11.3 Å². The van der Waals surface area contributed by atoms with Crippen LogP contribution in [0.5, 0.6) is 0 Å². The van der Waals surface area contributed by atoms with E-state index in [-0.39, 0.29) is 5.82 Å². The lowest BCUT2D eigenvalue weighted by Crippen LogP contribution is -2.46. The molecule has 0 radical (unpaired) electrons. The van der Waals surface area contributed by atoms with Crippen LogP contribution in [0.2, 0.25) is 5.02 Å². The van der Waals surface area contributed by atoms with Crippen LogP contribution in [0, 0.1) is 5.82 Å². The van der Waals surface area contributed by atoms with E-state index in [1.54, 1.807) is 0 Å². The number of anilines is 1. The molecule has 0 amide bonds. The van der Waals surface area contributed by atoms with Gasteiger partial charge in [-0.05, 0) is 35.9 Å². The molecule has 1 fully saturated rings. The first-order chi connectivity index (χ1) is 13.7. The van der Waals surface area contributed by atoms with Gasteiger partial charge in [-0.1, -0.05) is 29.8 Å². The lowest BCUT2D eigenvalue weighted by molar-refractivity contribution is 0.250. The zero-order valence-electron chi connectivity index (χ0n) is 15.4. The minimum Gasteiger partial charge on any atom is -0.367 e. The van der Waals surface area contributed by atoms with Crippen molar-refractivity contribution >= 4 is 33.8 Å². The molecule has 3 heterocycles. The Bertz CT molecular complexity index is 1130. The summed E-state index contributed by atoms with van der Waals surface area (Å²) in [5.41, 5.74) is 5.29. The van der Waals surface area contributed by atoms with E-state index in [4.69, 9.17) is 16.6 Å². The number of halogens is 2. The normalized spacial score (nSPS) is 15.6. The number of fused-ring (bicyclic) bond motifs is 3. The van der Waals surface area contributed by atoms with Crippen molar-refractivity contribution < 1.29 is 4.39 Å². The highest BCUT2D eigenvalue weighted by molar-refractivity contribution is 6.34. The molecule has 2 aromatic carbocycles. The van der Waals surface area contributed by atoms with Crippen molar-refractivity contribution in [1.29, 1.82) is 0 Å². The van der Waals surface area contributed by atoms with Gasteiger partial charge in [-0.3, -0.25) is 9.88 Å². The number of piperazine rings is 1. The van der Waals surface area contributed by atoms with Crippen LogP contribution in [0.3, 0.4) is 0 Å². The Morgan fingerprint density at radius 3 is 2.50 bits per heavy atom. The van der Waals surface area contributed by atoms with Crippen LogP contribution in [0.4, 0.5) is 10.1 Å². The standard InChI is InChI=1S/C22H20ClFN4/c23-18-8-9-28-20-3-1-2-19(22(20)25-14-21(18)28)27-12-10-26(11-13-27)15-16-4-6-17(24)7-5-16/h1-9,14H,10-13,15H2. The highest BCUT2D eigenvalue weighted by Crippen LogP contribution is 2.29. The van der Waals surface area contributed by atoms with Gasteiger partial charge in [-0.2, -0.15) is 0 Å². The maximum absolute atomic E-state index is 13.1. The maximum Gasteiger partial charge on any atom is 0.123 e. The summed E-state index contributed by atoms with van der Waals surface area (Å²) in [6, 6.07) is 15.0. The van der Waals surface area contributed by atoms with Gasteiger partial charge >= 0.3 is 0 Å². The van der Waals surface area contributed by atoms with E-state index in [0.717, 1.165) is 60.5 Å². The Morgan fingerprint density at radius 1 is 0.929 bits per heavy atom. The summed E-state index contributed by atoms with van der Waals surface area (Å²) in [5, 5.41) is 0.717. The van der Waals surface area contributed by atoms with Crippen LogP contribution < -0.4 is 4.90 Å². The molecule has 0 saturated carbocycles. The molecule has 4 aromatic rings. The Balaban J connectivity index is 1.37. The molecule has 2 aromatic heterocycles. The van der Waals surface area contributed by atoms with Crippen molar-refractivity contribution in [3.05, 3.63) is 77.3 Å². The highest BCUT2D eigenvalue weighted by Gasteiger charge is 2.20. The van der Waals surface area contributed by atoms with Crippen molar-refractivity contribution in [2.45, 2.75) is 6.54 Å². The first-order valence-corrected chi connectivity index (χ1v) is 9.83. The summed E-state index contributed by atoms with van der Waals surface area (Å²) >= 11 is 6.26. The van der Waals surface area contributed by atoms with E-state index in [1.165, 1.54) is 12.1 Å². The second-order valence-electron chi connectivity index (χ2n) is 7.21. The Hall–Kier alpha value is -2.63. The van der Waals surface area contributed by atoms with E-state index in [0.29, 0.717) is 5.02 Å². The molecule has 6 heteroatoms. The second-order valence-corrected chi connectivity index (χ2v) is 7.62. The Morgan fingerprint density at radius 2 is 1.71 bits per heavy atom. The molecule has 1 aliphatic rings. The van der Waals surface area contributed by atoms with Crippen molar-refractivity contribution in [1.82, 2.24) is 14.3 Å². The van der Waals surface area contributed by atoms with Gasteiger partial charge in [-0.25, -0.2) is 4.39 Å². The van der Waals surface area contributed by atoms with Gasteiger partial charge < -0.3 is 9.30 Å². The Kier molecular flexibility index (Phi) is 4.41. The van der Waals surface area contributed by atoms with E-state index >= 15 is 0 Å². The fourth-order valence-corrected chi connectivity index (χ4v) is 4.17. The summed E-state index contributed by atoms with van der Waals surface area (Å²) in [6.45, 7) is 4.65. The third-order valence-corrected chi connectivity index (χ3v) is 5.80. The molecule has 142 valence electrons. The van der Waals surface area contributed by atoms with Gasteiger partial charge in [0.05, 0.1) is 27.9 Å². The SMILES string of the molecule is Fc1ccc(CN2CCN(c3cccc4c3ncc3c(Cl)ccn34)CC2)cc1. The lowest BCUT2D eigenvalue weighted by Gasteiger charge is -2.36. The lowest BCUT2D eigenvalue weighted by atomic mass is 10.1. The predicted molar refractivity (Wildman–Crippen MR) is 112 cm³/mol. The smallest absolute Gasteiger partial charge is 0.123 e. The molecular formula is C22H20ClFN4.